The zero-order chi connectivity index (χ0) is 22.3. The van der Waals surface area contributed by atoms with Gasteiger partial charge < -0.3 is 23.8 Å². The van der Waals surface area contributed by atoms with Crippen molar-refractivity contribution in [1.82, 2.24) is 4.90 Å². The average Bonchev–Trinajstić information content (AvgIpc) is 3.10. The third-order valence-electron chi connectivity index (χ3n) is 5.37. The van der Waals surface area contributed by atoms with E-state index in [9.17, 15) is 9.59 Å². The van der Waals surface area contributed by atoms with Crippen molar-refractivity contribution >= 4 is 11.9 Å². The lowest BCUT2D eigenvalue weighted by molar-refractivity contribution is -0.154. The van der Waals surface area contributed by atoms with Crippen molar-refractivity contribution < 1.29 is 28.5 Å². The maximum Gasteiger partial charge on any atom is 0.337 e. The molecule has 0 aliphatic carbocycles. The molecule has 1 saturated heterocycles. The normalized spacial score (nSPS) is 21.0. The van der Waals surface area contributed by atoms with Crippen LogP contribution in [-0.4, -0.2) is 50.3 Å². The molecule has 1 aliphatic heterocycles. The standard InChI is InChI=1S/C23H35NO6/c1-7-8-9-10-20(25)24-18(13-15(2)3)21(23(26)29-6)30-22(24)17-12-11-16(27-4)14-19(17)28-5/h11-12,14-15,18,21-22H,7-10,13H2,1-6H3/t18-,21+,22?/m0/s1. The molecule has 0 bridgehead atoms. The first-order valence-electron chi connectivity index (χ1n) is 10.6. The van der Waals surface area contributed by atoms with Crippen LogP contribution in [0.25, 0.3) is 0 Å². The minimum absolute atomic E-state index is 0.0247. The number of hydrogen-bond donors (Lipinski definition) is 0. The van der Waals surface area contributed by atoms with Gasteiger partial charge in [0.2, 0.25) is 5.91 Å². The molecule has 7 heteroatoms. The SMILES string of the molecule is CCCCCC(=O)N1C(c2ccc(OC)cc2OC)O[C@@H](C(=O)OC)[C@@H]1CC(C)C. The lowest BCUT2D eigenvalue weighted by Gasteiger charge is -2.30. The van der Waals surface area contributed by atoms with Gasteiger partial charge in [-0.15, -0.1) is 0 Å². The summed E-state index contributed by atoms with van der Waals surface area (Å²) in [5, 5.41) is 0. The van der Waals surface area contributed by atoms with Gasteiger partial charge in [0, 0.05) is 18.1 Å². The van der Waals surface area contributed by atoms with E-state index in [-0.39, 0.29) is 11.8 Å². The lowest BCUT2D eigenvalue weighted by atomic mass is 9.97. The molecule has 1 amide bonds. The minimum atomic E-state index is -0.843. The van der Waals surface area contributed by atoms with Gasteiger partial charge in [-0.2, -0.15) is 0 Å². The predicted molar refractivity (Wildman–Crippen MR) is 113 cm³/mol. The molecule has 0 radical (unpaired) electrons. The number of esters is 1. The van der Waals surface area contributed by atoms with Crippen LogP contribution >= 0.6 is 0 Å². The highest BCUT2D eigenvalue weighted by atomic mass is 16.6. The van der Waals surface area contributed by atoms with Crippen molar-refractivity contribution in [2.75, 3.05) is 21.3 Å². The topological polar surface area (TPSA) is 74.3 Å². The average molecular weight is 422 g/mol. The maximum atomic E-state index is 13.3. The Bertz CT molecular complexity index is 720. The zero-order valence-electron chi connectivity index (χ0n) is 19.0. The Morgan fingerprint density at radius 3 is 2.43 bits per heavy atom. The summed E-state index contributed by atoms with van der Waals surface area (Å²) >= 11 is 0. The first kappa shape index (κ1) is 24.0. The minimum Gasteiger partial charge on any atom is -0.497 e. The number of carbonyl (C=O) groups is 2. The number of methoxy groups -OCH3 is 3. The molecule has 0 aromatic heterocycles. The molecule has 0 saturated carbocycles. The number of benzene rings is 1. The van der Waals surface area contributed by atoms with E-state index in [1.54, 1.807) is 31.3 Å². The number of ether oxygens (including phenoxy) is 4. The number of amides is 1. The highest BCUT2D eigenvalue weighted by molar-refractivity contribution is 5.81. The second-order valence-electron chi connectivity index (χ2n) is 8.00. The molecule has 1 aliphatic rings. The number of hydrogen-bond acceptors (Lipinski definition) is 6. The van der Waals surface area contributed by atoms with Gasteiger partial charge in [0.1, 0.15) is 11.5 Å². The summed E-state index contributed by atoms with van der Waals surface area (Å²) in [6.45, 7) is 6.23. The van der Waals surface area contributed by atoms with Crippen molar-refractivity contribution in [3.8, 4) is 11.5 Å². The highest BCUT2D eigenvalue weighted by Crippen LogP contribution is 2.42. The summed E-state index contributed by atoms with van der Waals surface area (Å²) in [7, 11) is 4.48. The van der Waals surface area contributed by atoms with Crippen LogP contribution in [0.3, 0.4) is 0 Å². The zero-order valence-corrected chi connectivity index (χ0v) is 19.0. The first-order chi connectivity index (χ1) is 14.4. The Balaban J connectivity index is 2.48. The monoisotopic (exact) mass is 421 g/mol. The van der Waals surface area contributed by atoms with Gasteiger partial charge in [-0.3, -0.25) is 4.79 Å². The van der Waals surface area contributed by atoms with Crippen molar-refractivity contribution in [3.63, 3.8) is 0 Å². The molecular weight excluding hydrogens is 386 g/mol. The molecule has 0 spiro atoms. The fraction of sp³-hybridized carbons (Fsp3) is 0.652. The second kappa shape index (κ2) is 11.2. The van der Waals surface area contributed by atoms with Crippen LogP contribution in [0.4, 0.5) is 0 Å². The summed E-state index contributed by atoms with van der Waals surface area (Å²) in [5.74, 6) is 0.954. The summed E-state index contributed by atoms with van der Waals surface area (Å²) in [6.07, 6.45) is 2.28. The molecule has 168 valence electrons. The summed E-state index contributed by atoms with van der Waals surface area (Å²) < 4.78 is 22.0. The Morgan fingerprint density at radius 1 is 1.13 bits per heavy atom. The van der Waals surface area contributed by atoms with Crippen LogP contribution in [0.1, 0.15) is 64.7 Å². The number of carbonyl (C=O) groups excluding carboxylic acids is 2. The third-order valence-corrected chi connectivity index (χ3v) is 5.37. The van der Waals surface area contributed by atoms with Crippen molar-refractivity contribution in [2.45, 2.75) is 71.2 Å². The van der Waals surface area contributed by atoms with E-state index in [4.69, 9.17) is 18.9 Å². The van der Waals surface area contributed by atoms with E-state index >= 15 is 0 Å². The summed E-state index contributed by atoms with van der Waals surface area (Å²) in [4.78, 5) is 27.6. The third kappa shape index (κ3) is 5.45. The molecule has 30 heavy (non-hydrogen) atoms. The Labute approximate surface area is 179 Å². The molecular formula is C23H35NO6. The quantitative estimate of drug-likeness (QED) is 0.418. The van der Waals surface area contributed by atoms with Crippen molar-refractivity contribution in [3.05, 3.63) is 23.8 Å². The number of rotatable bonds is 10. The molecule has 1 heterocycles. The Kier molecular flexibility index (Phi) is 8.96. The van der Waals surface area contributed by atoms with E-state index in [1.807, 2.05) is 6.07 Å². The van der Waals surface area contributed by atoms with Crippen LogP contribution in [-0.2, 0) is 19.1 Å². The smallest absolute Gasteiger partial charge is 0.337 e. The van der Waals surface area contributed by atoms with E-state index in [0.29, 0.717) is 29.9 Å². The van der Waals surface area contributed by atoms with Gasteiger partial charge in [0.15, 0.2) is 12.3 Å². The fourth-order valence-corrected chi connectivity index (χ4v) is 3.88. The van der Waals surface area contributed by atoms with Crippen LogP contribution in [0, 0.1) is 5.92 Å². The van der Waals surface area contributed by atoms with Gasteiger partial charge in [0.05, 0.1) is 27.4 Å². The van der Waals surface area contributed by atoms with Gasteiger partial charge in [-0.1, -0.05) is 33.6 Å². The summed E-state index contributed by atoms with van der Waals surface area (Å²) in [5.41, 5.74) is 0.683. The van der Waals surface area contributed by atoms with Crippen LogP contribution in [0.2, 0.25) is 0 Å². The molecule has 2 rings (SSSR count). The van der Waals surface area contributed by atoms with Gasteiger partial charge in [-0.25, -0.2) is 4.79 Å². The van der Waals surface area contributed by atoms with E-state index in [1.165, 1.54) is 7.11 Å². The van der Waals surface area contributed by atoms with Gasteiger partial charge >= 0.3 is 5.97 Å². The molecule has 1 unspecified atom stereocenters. The molecule has 7 nitrogen and oxygen atoms in total. The van der Waals surface area contributed by atoms with Crippen molar-refractivity contribution in [1.29, 1.82) is 0 Å². The Hall–Kier alpha value is -2.28. The second-order valence-corrected chi connectivity index (χ2v) is 8.00. The number of nitrogens with zero attached hydrogens (tertiary/aromatic N) is 1. The van der Waals surface area contributed by atoms with Crippen LogP contribution in [0.15, 0.2) is 18.2 Å². The largest absolute Gasteiger partial charge is 0.497 e. The molecule has 0 N–H and O–H groups in total. The molecule has 3 atom stereocenters. The molecule has 1 fully saturated rings. The van der Waals surface area contributed by atoms with E-state index in [2.05, 4.69) is 20.8 Å². The highest BCUT2D eigenvalue weighted by Gasteiger charge is 2.49. The fourth-order valence-electron chi connectivity index (χ4n) is 3.88. The van der Waals surface area contributed by atoms with E-state index < -0.39 is 24.3 Å². The number of unbranched alkanes of at least 4 members (excludes halogenated alkanes) is 2. The van der Waals surface area contributed by atoms with Crippen LogP contribution < -0.4 is 9.47 Å². The van der Waals surface area contributed by atoms with Crippen LogP contribution in [0.5, 0.6) is 11.5 Å². The maximum absolute atomic E-state index is 13.3. The predicted octanol–water partition coefficient (Wildman–Crippen LogP) is 4.10. The molecule has 1 aromatic carbocycles. The van der Waals surface area contributed by atoms with Crippen molar-refractivity contribution in [2.24, 2.45) is 5.92 Å². The first-order valence-corrected chi connectivity index (χ1v) is 10.6. The lowest BCUT2D eigenvalue weighted by Crippen LogP contribution is -2.44. The molecule has 1 aromatic rings. The Morgan fingerprint density at radius 2 is 1.87 bits per heavy atom. The van der Waals surface area contributed by atoms with E-state index in [0.717, 1.165) is 19.3 Å². The van der Waals surface area contributed by atoms with Gasteiger partial charge in [-0.05, 0) is 30.9 Å². The summed E-state index contributed by atoms with van der Waals surface area (Å²) in [6, 6.07) is 4.97. The van der Waals surface area contributed by atoms with Gasteiger partial charge in [0.25, 0.3) is 0 Å².